The van der Waals surface area contributed by atoms with Gasteiger partial charge in [-0.3, -0.25) is 0 Å². The molecule has 0 aromatic heterocycles. The van der Waals surface area contributed by atoms with Crippen molar-refractivity contribution in [3.8, 4) is 0 Å². The van der Waals surface area contributed by atoms with Crippen molar-refractivity contribution in [2.45, 2.75) is 32.4 Å². The van der Waals surface area contributed by atoms with Crippen molar-refractivity contribution in [2.75, 3.05) is 13.1 Å². The molecule has 0 aliphatic rings. The summed E-state index contributed by atoms with van der Waals surface area (Å²) in [6.45, 7) is 3.22. The SMILES string of the molecule is CC(C)CN(C[C@H](O)C(=O)O)C(=O)N[C@@H](Cc1cccc(F)c1)C(=O)O. The van der Waals surface area contributed by atoms with Crippen LogP contribution in [0.15, 0.2) is 24.3 Å². The number of nitrogens with one attached hydrogen (secondary N) is 1. The van der Waals surface area contributed by atoms with Gasteiger partial charge in [-0.15, -0.1) is 0 Å². The second-order valence-electron chi connectivity index (χ2n) is 6.33. The molecule has 0 unspecified atom stereocenters. The first-order chi connectivity index (χ1) is 12.1. The highest BCUT2D eigenvalue weighted by Gasteiger charge is 2.27. The van der Waals surface area contributed by atoms with Gasteiger partial charge in [0.2, 0.25) is 0 Å². The number of rotatable bonds is 9. The molecule has 0 aliphatic heterocycles. The van der Waals surface area contributed by atoms with Crippen LogP contribution in [0.4, 0.5) is 9.18 Å². The standard InChI is InChI=1S/C17H23FN2O6/c1-10(2)8-20(9-14(21)16(24)25)17(26)19-13(15(22)23)7-11-4-3-5-12(18)6-11/h3-6,10,13-14,21H,7-9H2,1-2H3,(H,19,26)(H,22,23)(H,24,25)/t13-,14-/m0/s1. The van der Waals surface area contributed by atoms with E-state index in [4.69, 9.17) is 5.11 Å². The van der Waals surface area contributed by atoms with E-state index in [1.807, 2.05) is 0 Å². The Balaban J connectivity index is 2.87. The first kappa shape index (κ1) is 21.4. The van der Waals surface area contributed by atoms with Gasteiger partial charge in [-0.2, -0.15) is 0 Å². The third-order valence-corrected chi connectivity index (χ3v) is 3.48. The van der Waals surface area contributed by atoms with E-state index in [-0.39, 0.29) is 18.9 Å². The van der Waals surface area contributed by atoms with E-state index in [1.54, 1.807) is 13.8 Å². The Morgan fingerprint density at radius 3 is 2.31 bits per heavy atom. The van der Waals surface area contributed by atoms with E-state index in [0.29, 0.717) is 5.56 Å². The second-order valence-corrected chi connectivity index (χ2v) is 6.33. The highest BCUT2D eigenvalue weighted by atomic mass is 19.1. The number of amides is 2. The lowest BCUT2D eigenvalue weighted by molar-refractivity contribution is -0.147. The molecule has 26 heavy (non-hydrogen) atoms. The second kappa shape index (κ2) is 9.71. The molecule has 0 saturated heterocycles. The van der Waals surface area contributed by atoms with Crippen molar-refractivity contribution in [1.82, 2.24) is 10.2 Å². The van der Waals surface area contributed by atoms with Crippen LogP contribution in [0.25, 0.3) is 0 Å². The van der Waals surface area contributed by atoms with Gasteiger partial charge in [-0.25, -0.2) is 18.8 Å². The van der Waals surface area contributed by atoms with E-state index in [0.717, 1.165) is 4.90 Å². The predicted molar refractivity (Wildman–Crippen MR) is 90.1 cm³/mol. The first-order valence-corrected chi connectivity index (χ1v) is 8.03. The lowest BCUT2D eigenvalue weighted by Gasteiger charge is -2.27. The maximum Gasteiger partial charge on any atom is 0.334 e. The van der Waals surface area contributed by atoms with Gasteiger partial charge in [0.05, 0.1) is 6.54 Å². The molecule has 0 radical (unpaired) electrons. The highest BCUT2D eigenvalue weighted by Crippen LogP contribution is 2.08. The average Bonchev–Trinajstić information content (AvgIpc) is 2.52. The monoisotopic (exact) mass is 370 g/mol. The van der Waals surface area contributed by atoms with Crippen LogP contribution in [0.3, 0.4) is 0 Å². The number of aliphatic carboxylic acids is 2. The molecule has 144 valence electrons. The van der Waals surface area contributed by atoms with Crippen molar-refractivity contribution in [1.29, 1.82) is 0 Å². The zero-order valence-electron chi connectivity index (χ0n) is 14.6. The Morgan fingerprint density at radius 1 is 1.15 bits per heavy atom. The minimum absolute atomic E-state index is 0.0340. The number of carboxylic acids is 2. The van der Waals surface area contributed by atoms with Crippen molar-refractivity contribution in [3.63, 3.8) is 0 Å². The lowest BCUT2D eigenvalue weighted by Crippen LogP contribution is -2.52. The molecule has 0 bridgehead atoms. The minimum Gasteiger partial charge on any atom is -0.480 e. The normalized spacial score (nSPS) is 13.1. The molecule has 0 spiro atoms. The number of benzene rings is 1. The molecule has 9 heteroatoms. The van der Waals surface area contributed by atoms with Crippen LogP contribution in [-0.4, -0.2) is 63.4 Å². The number of halogens is 1. The van der Waals surface area contributed by atoms with Gasteiger partial charge in [-0.05, 0) is 23.6 Å². The summed E-state index contributed by atoms with van der Waals surface area (Å²) in [5.74, 6) is -3.36. The van der Waals surface area contributed by atoms with Gasteiger partial charge in [-0.1, -0.05) is 26.0 Å². The number of carboxylic acid groups (broad SMARTS) is 2. The van der Waals surface area contributed by atoms with Crippen LogP contribution >= 0.6 is 0 Å². The van der Waals surface area contributed by atoms with E-state index < -0.39 is 42.5 Å². The van der Waals surface area contributed by atoms with E-state index in [9.17, 15) is 29.0 Å². The number of nitrogens with zero attached hydrogens (tertiary/aromatic N) is 1. The van der Waals surface area contributed by atoms with Crippen molar-refractivity contribution in [3.05, 3.63) is 35.6 Å². The maximum absolute atomic E-state index is 13.2. The molecule has 4 N–H and O–H groups in total. The van der Waals surface area contributed by atoms with Gasteiger partial charge >= 0.3 is 18.0 Å². The Hall–Kier alpha value is -2.68. The summed E-state index contributed by atoms with van der Waals surface area (Å²) in [6.07, 6.45) is -1.93. The number of urea groups is 1. The summed E-state index contributed by atoms with van der Waals surface area (Å²) in [5, 5.41) is 29.9. The maximum atomic E-state index is 13.2. The van der Waals surface area contributed by atoms with Gasteiger partial charge in [0.15, 0.2) is 6.10 Å². The molecule has 8 nitrogen and oxygen atoms in total. The smallest absolute Gasteiger partial charge is 0.334 e. The summed E-state index contributed by atoms with van der Waals surface area (Å²) >= 11 is 0. The number of carbonyl (C=O) groups excluding carboxylic acids is 1. The summed E-state index contributed by atoms with van der Waals surface area (Å²) in [5.41, 5.74) is 0.388. The molecule has 2 amide bonds. The van der Waals surface area contributed by atoms with Crippen molar-refractivity contribution in [2.24, 2.45) is 5.92 Å². The lowest BCUT2D eigenvalue weighted by atomic mass is 10.1. The number of aliphatic hydroxyl groups excluding tert-OH is 1. The summed E-state index contributed by atoms with van der Waals surface area (Å²) < 4.78 is 13.2. The third-order valence-electron chi connectivity index (χ3n) is 3.48. The van der Waals surface area contributed by atoms with Crippen LogP contribution in [-0.2, 0) is 16.0 Å². The molecule has 0 aliphatic carbocycles. The predicted octanol–water partition coefficient (Wildman–Crippen LogP) is 0.935. The van der Waals surface area contributed by atoms with E-state index in [2.05, 4.69) is 5.32 Å². The molecule has 1 rings (SSSR count). The van der Waals surface area contributed by atoms with Crippen LogP contribution < -0.4 is 5.32 Å². The number of hydrogen-bond acceptors (Lipinski definition) is 4. The molecule has 1 aromatic rings. The fraction of sp³-hybridized carbons (Fsp3) is 0.471. The zero-order valence-corrected chi connectivity index (χ0v) is 14.6. The zero-order chi connectivity index (χ0) is 19.9. The summed E-state index contributed by atoms with van der Waals surface area (Å²) in [7, 11) is 0. The number of aliphatic hydroxyl groups is 1. The van der Waals surface area contributed by atoms with Crippen LogP contribution in [0.1, 0.15) is 19.4 Å². The quantitative estimate of drug-likeness (QED) is 0.512. The van der Waals surface area contributed by atoms with Gasteiger partial charge in [0.25, 0.3) is 0 Å². The van der Waals surface area contributed by atoms with Crippen LogP contribution in [0.5, 0.6) is 0 Å². The van der Waals surface area contributed by atoms with E-state index >= 15 is 0 Å². The number of carbonyl (C=O) groups is 3. The number of hydrogen-bond donors (Lipinski definition) is 4. The molecule has 0 fully saturated rings. The minimum atomic E-state index is -1.79. The Labute approximate surface area is 150 Å². The topological polar surface area (TPSA) is 127 Å². The average molecular weight is 370 g/mol. The Bertz CT molecular complexity index is 652. The molecule has 2 atom stereocenters. The highest BCUT2D eigenvalue weighted by molar-refractivity contribution is 5.83. The third kappa shape index (κ3) is 7.06. The van der Waals surface area contributed by atoms with Gasteiger partial charge in [0.1, 0.15) is 11.9 Å². The largest absolute Gasteiger partial charge is 0.480 e. The molecular weight excluding hydrogens is 347 g/mol. The van der Waals surface area contributed by atoms with Gasteiger partial charge in [0, 0.05) is 13.0 Å². The fourth-order valence-electron chi connectivity index (χ4n) is 2.31. The summed E-state index contributed by atoms with van der Waals surface area (Å²) in [4.78, 5) is 35.7. The van der Waals surface area contributed by atoms with Crippen molar-refractivity contribution >= 4 is 18.0 Å². The molecule has 0 saturated carbocycles. The fourth-order valence-corrected chi connectivity index (χ4v) is 2.31. The Kier molecular flexibility index (Phi) is 7.98. The first-order valence-electron chi connectivity index (χ1n) is 8.03. The van der Waals surface area contributed by atoms with Crippen molar-refractivity contribution < 1.29 is 34.1 Å². The molecule has 1 aromatic carbocycles. The molecular formula is C17H23FN2O6. The molecule has 0 heterocycles. The van der Waals surface area contributed by atoms with Crippen LogP contribution in [0, 0.1) is 11.7 Å². The Morgan fingerprint density at radius 2 is 1.81 bits per heavy atom. The van der Waals surface area contributed by atoms with Gasteiger partial charge < -0.3 is 25.5 Å². The summed E-state index contributed by atoms with van der Waals surface area (Å²) in [6, 6.07) is 3.20. The van der Waals surface area contributed by atoms with E-state index in [1.165, 1.54) is 24.3 Å². The van der Waals surface area contributed by atoms with Crippen LogP contribution in [0.2, 0.25) is 0 Å².